The van der Waals surface area contributed by atoms with Crippen molar-refractivity contribution in [3.05, 3.63) is 23.8 Å². The van der Waals surface area contributed by atoms with Crippen molar-refractivity contribution in [2.24, 2.45) is 4.99 Å². The highest BCUT2D eigenvalue weighted by molar-refractivity contribution is 5.79. The van der Waals surface area contributed by atoms with Crippen molar-refractivity contribution in [3.63, 3.8) is 0 Å². The number of aliphatic imine (C=N–C) groups is 1. The number of benzene rings is 1. The molecule has 22 heavy (non-hydrogen) atoms. The zero-order chi connectivity index (χ0) is 16.7. The second-order valence-corrected chi connectivity index (χ2v) is 5.97. The molecule has 0 saturated carbocycles. The number of nitrogens with zero attached hydrogens (tertiary/aromatic N) is 3. The minimum Gasteiger partial charge on any atom is -0.504 e. The molecular weight excluding hydrogens is 280 g/mol. The molecule has 0 bridgehead atoms. The topological polar surface area (TPSA) is 71.3 Å². The van der Waals surface area contributed by atoms with Crippen molar-refractivity contribution in [1.82, 2.24) is 15.1 Å². The molecule has 0 amide bonds. The van der Waals surface area contributed by atoms with E-state index in [-0.39, 0.29) is 11.5 Å². The van der Waals surface area contributed by atoms with Crippen LogP contribution in [0, 0.1) is 0 Å². The number of likely N-dealkylation sites (N-methyl/N-ethyl adjacent to an activating group) is 1. The van der Waals surface area contributed by atoms with E-state index in [1.54, 1.807) is 6.07 Å². The van der Waals surface area contributed by atoms with E-state index in [4.69, 9.17) is 0 Å². The molecular formula is C16H28N4O2. The fourth-order valence-corrected chi connectivity index (χ4v) is 1.88. The summed E-state index contributed by atoms with van der Waals surface area (Å²) in [6.45, 7) is 5.58. The first kappa shape index (κ1) is 18.1. The van der Waals surface area contributed by atoms with Crippen molar-refractivity contribution >= 4 is 5.96 Å². The number of rotatable bonds is 6. The fraction of sp³-hybridized carbons (Fsp3) is 0.562. The summed E-state index contributed by atoms with van der Waals surface area (Å²) in [5.41, 5.74) is 0.985. The lowest BCUT2D eigenvalue weighted by Crippen LogP contribution is -2.41. The highest BCUT2D eigenvalue weighted by Gasteiger charge is 2.06. The first-order valence-electron chi connectivity index (χ1n) is 7.47. The van der Waals surface area contributed by atoms with E-state index in [9.17, 15) is 10.2 Å². The van der Waals surface area contributed by atoms with Crippen LogP contribution < -0.4 is 5.32 Å². The Morgan fingerprint density at radius 1 is 1.18 bits per heavy atom. The molecule has 3 N–H and O–H groups in total. The molecule has 124 valence electrons. The fourth-order valence-electron chi connectivity index (χ4n) is 1.88. The van der Waals surface area contributed by atoms with Gasteiger partial charge in [0.2, 0.25) is 0 Å². The lowest BCUT2D eigenvalue weighted by atomic mass is 10.1. The number of hydrogen-bond donors (Lipinski definition) is 3. The van der Waals surface area contributed by atoms with Crippen LogP contribution in [-0.2, 0) is 6.42 Å². The highest BCUT2D eigenvalue weighted by Crippen LogP contribution is 2.24. The van der Waals surface area contributed by atoms with Gasteiger partial charge in [0, 0.05) is 26.7 Å². The molecule has 0 unspecified atom stereocenters. The SMILES string of the molecule is CC(C)NC(=NCN(C)CCc1ccc(O)c(O)c1)N(C)C. The molecule has 0 atom stereocenters. The molecule has 0 aliphatic carbocycles. The van der Waals surface area contributed by atoms with E-state index in [1.807, 2.05) is 32.1 Å². The second kappa shape index (κ2) is 8.48. The molecule has 6 heteroatoms. The maximum Gasteiger partial charge on any atom is 0.194 e. The molecule has 0 aliphatic heterocycles. The van der Waals surface area contributed by atoms with E-state index < -0.39 is 0 Å². The van der Waals surface area contributed by atoms with Gasteiger partial charge in [0.05, 0.1) is 6.67 Å². The predicted molar refractivity (Wildman–Crippen MR) is 90.4 cm³/mol. The number of phenolic OH excluding ortho intramolecular Hbond substituents is 2. The summed E-state index contributed by atoms with van der Waals surface area (Å²) in [4.78, 5) is 8.65. The summed E-state index contributed by atoms with van der Waals surface area (Å²) in [5.74, 6) is 0.704. The van der Waals surface area contributed by atoms with E-state index in [2.05, 4.69) is 29.1 Å². The molecule has 0 radical (unpaired) electrons. The van der Waals surface area contributed by atoms with Crippen molar-refractivity contribution in [3.8, 4) is 11.5 Å². The third-order valence-corrected chi connectivity index (χ3v) is 3.13. The van der Waals surface area contributed by atoms with Crippen LogP contribution in [0.3, 0.4) is 0 Å². The molecule has 0 aliphatic rings. The average molecular weight is 308 g/mol. The molecule has 0 spiro atoms. The van der Waals surface area contributed by atoms with Gasteiger partial charge in [-0.3, -0.25) is 4.90 Å². The summed E-state index contributed by atoms with van der Waals surface area (Å²) in [5, 5.41) is 22.1. The molecule has 0 saturated heterocycles. The van der Waals surface area contributed by atoms with Gasteiger partial charge in [-0.15, -0.1) is 0 Å². The van der Waals surface area contributed by atoms with Gasteiger partial charge in [0.1, 0.15) is 0 Å². The largest absolute Gasteiger partial charge is 0.504 e. The standard InChI is InChI=1S/C16H28N4O2/c1-12(2)18-16(19(3)4)17-11-20(5)9-8-13-6-7-14(21)15(22)10-13/h6-7,10,12,21-22H,8-9,11H2,1-5H3,(H,17,18). The Labute approximate surface area is 133 Å². The number of hydrogen-bond acceptors (Lipinski definition) is 4. The maximum atomic E-state index is 9.49. The number of aromatic hydroxyl groups is 2. The Hall–Kier alpha value is -1.95. The molecule has 6 nitrogen and oxygen atoms in total. The lowest BCUT2D eigenvalue weighted by Gasteiger charge is -2.21. The van der Waals surface area contributed by atoms with Crippen LogP contribution in [-0.4, -0.2) is 66.4 Å². The first-order valence-corrected chi connectivity index (χ1v) is 7.47. The Morgan fingerprint density at radius 3 is 2.41 bits per heavy atom. The van der Waals surface area contributed by atoms with E-state index in [1.165, 1.54) is 6.07 Å². The van der Waals surface area contributed by atoms with Gasteiger partial charge in [-0.2, -0.15) is 0 Å². The Kier molecular flexibility index (Phi) is 6.98. The molecule has 0 fully saturated rings. The zero-order valence-corrected chi connectivity index (χ0v) is 14.2. The first-order chi connectivity index (χ1) is 10.3. The van der Waals surface area contributed by atoms with Crippen molar-refractivity contribution in [1.29, 1.82) is 0 Å². The van der Waals surface area contributed by atoms with Crippen molar-refractivity contribution < 1.29 is 10.2 Å². The molecule has 1 aromatic carbocycles. The van der Waals surface area contributed by atoms with Gasteiger partial charge in [-0.25, -0.2) is 4.99 Å². The third-order valence-electron chi connectivity index (χ3n) is 3.13. The van der Waals surface area contributed by atoms with Gasteiger partial charge in [0.25, 0.3) is 0 Å². The van der Waals surface area contributed by atoms with Gasteiger partial charge in [0.15, 0.2) is 17.5 Å². The van der Waals surface area contributed by atoms with Crippen LogP contribution in [0.25, 0.3) is 0 Å². The summed E-state index contributed by atoms with van der Waals surface area (Å²) in [7, 11) is 5.94. The minimum absolute atomic E-state index is 0.0748. The van der Waals surface area contributed by atoms with Gasteiger partial charge in [-0.1, -0.05) is 6.07 Å². The van der Waals surface area contributed by atoms with Crippen molar-refractivity contribution in [2.75, 3.05) is 34.4 Å². The third kappa shape index (κ3) is 6.22. The van der Waals surface area contributed by atoms with E-state index in [0.717, 1.165) is 24.5 Å². The average Bonchev–Trinajstić information content (AvgIpc) is 2.44. The van der Waals surface area contributed by atoms with Gasteiger partial charge < -0.3 is 20.4 Å². The van der Waals surface area contributed by atoms with Crippen LogP contribution in [0.2, 0.25) is 0 Å². The van der Waals surface area contributed by atoms with Crippen LogP contribution in [0.1, 0.15) is 19.4 Å². The summed E-state index contributed by atoms with van der Waals surface area (Å²) < 4.78 is 0. The monoisotopic (exact) mass is 308 g/mol. The van der Waals surface area contributed by atoms with Crippen LogP contribution in [0.5, 0.6) is 11.5 Å². The molecule has 1 rings (SSSR count). The molecule has 0 heterocycles. The number of phenols is 2. The summed E-state index contributed by atoms with van der Waals surface area (Å²) >= 11 is 0. The van der Waals surface area contributed by atoms with Gasteiger partial charge >= 0.3 is 0 Å². The summed E-state index contributed by atoms with van der Waals surface area (Å²) in [6.07, 6.45) is 0.786. The van der Waals surface area contributed by atoms with E-state index in [0.29, 0.717) is 12.7 Å². The quantitative estimate of drug-likeness (QED) is 0.421. The van der Waals surface area contributed by atoms with E-state index >= 15 is 0 Å². The smallest absolute Gasteiger partial charge is 0.194 e. The predicted octanol–water partition coefficient (Wildman–Crippen LogP) is 1.45. The number of guanidine groups is 1. The molecule has 1 aromatic rings. The highest BCUT2D eigenvalue weighted by atomic mass is 16.3. The van der Waals surface area contributed by atoms with Gasteiger partial charge in [-0.05, 0) is 45.0 Å². The van der Waals surface area contributed by atoms with Crippen LogP contribution in [0.15, 0.2) is 23.2 Å². The zero-order valence-electron chi connectivity index (χ0n) is 14.2. The Balaban J connectivity index is 2.50. The second-order valence-electron chi connectivity index (χ2n) is 5.97. The molecule has 0 aromatic heterocycles. The van der Waals surface area contributed by atoms with Crippen LogP contribution >= 0.6 is 0 Å². The number of nitrogens with one attached hydrogen (secondary N) is 1. The Bertz CT molecular complexity index is 501. The lowest BCUT2D eigenvalue weighted by molar-refractivity contribution is 0.346. The van der Waals surface area contributed by atoms with Crippen molar-refractivity contribution in [2.45, 2.75) is 26.3 Å². The summed E-state index contributed by atoms with van der Waals surface area (Å²) in [6, 6.07) is 5.27. The Morgan fingerprint density at radius 2 is 1.86 bits per heavy atom. The normalized spacial score (nSPS) is 12.0. The van der Waals surface area contributed by atoms with Crippen LogP contribution in [0.4, 0.5) is 0 Å². The maximum absolute atomic E-state index is 9.49. The minimum atomic E-state index is -0.0860.